The Hall–Kier alpha value is -2.99. The average Bonchev–Trinajstić information content (AvgIpc) is 3.23. The number of hydrogen-bond acceptors (Lipinski definition) is 6. The summed E-state index contributed by atoms with van der Waals surface area (Å²) >= 11 is 9.14. The molecule has 3 rings (SSSR count). The Morgan fingerprint density at radius 3 is 2.55 bits per heavy atom. The van der Waals surface area contributed by atoms with Gasteiger partial charge >= 0.3 is 11.8 Å². The van der Waals surface area contributed by atoms with E-state index in [9.17, 15) is 18.0 Å². The molecule has 0 bridgehead atoms. The van der Waals surface area contributed by atoms with Crippen LogP contribution in [0.4, 0.5) is 5.69 Å². The fourth-order valence-electron chi connectivity index (χ4n) is 2.54. The standard InChI is InChI=1S/C21H18BrClN4O5S/c1-13-2-5-15(23)10-19(13)26-20(28)21(29)27-24-11-16-6-7-17(32-16)12-25-33(30,31)18-8-3-14(22)4-9-18/h2-11,25H,12H2,1H3,(H,26,28)(H,27,29)/b24-11+. The molecular formula is C21H18BrClN4O5S. The van der Waals surface area contributed by atoms with Gasteiger partial charge in [0.05, 0.1) is 17.7 Å². The van der Waals surface area contributed by atoms with Crippen molar-refractivity contribution in [3.63, 3.8) is 0 Å². The number of nitrogens with one attached hydrogen (secondary N) is 3. The fourth-order valence-corrected chi connectivity index (χ4v) is 3.97. The van der Waals surface area contributed by atoms with Gasteiger partial charge in [-0.3, -0.25) is 9.59 Å². The van der Waals surface area contributed by atoms with Gasteiger partial charge in [-0.2, -0.15) is 5.10 Å². The largest absolute Gasteiger partial charge is 0.459 e. The van der Waals surface area contributed by atoms with Crippen molar-refractivity contribution >= 4 is 61.3 Å². The second-order valence-corrected chi connectivity index (χ2v) is 9.81. The first-order valence-corrected chi connectivity index (χ1v) is 12.0. The number of sulfonamides is 1. The van der Waals surface area contributed by atoms with E-state index in [-0.39, 0.29) is 17.2 Å². The van der Waals surface area contributed by atoms with E-state index < -0.39 is 21.8 Å². The number of aryl methyl sites for hydroxylation is 1. The summed E-state index contributed by atoms with van der Waals surface area (Å²) in [6, 6.07) is 14.2. The Balaban J connectivity index is 1.52. The first kappa shape index (κ1) is 24.6. The molecule has 0 radical (unpaired) electrons. The van der Waals surface area contributed by atoms with E-state index >= 15 is 0 Å². The summed E-state index contributed by atoms with van der Waals surface area (Å²) in [6.07, 6.45) is 1.18. The summed E-state index contributed by atoms with van der Waals surface area (Å²) in [5, 5.41) is 6.54. The first-order valence-electron chi connectivity index (χ1n) is 9.38. The summed E-state index contributed by atoms with van der Waals surface area (Å²) in [6.45, 7) is 1.68. The number of rotatable bonds is 7. The zero-order chi connectivity index (χ0) is 24.0. The van der Waals surface area contributed by atoms with Gasteiger partial charge in [0.15, 0.2) is 0 Å². The number of carbonyl (C=O) groups is 2. The highest BCUT2D eigenvalue weighted by atomic mass is 79.9. The third-order valence-electron chi connectivity index (χ3n) is 4.25. The zero-order valence-electron chi connectivity index (χ0n) is 17.1. The van der Waals surface area contributed by atoms with Crippen LogP contribution in [-0.4, -0.2) is 26.4 Å². The van der Waals surface area contributed by atoms with Crippen LogP contribution in [0.1, 0.15) is 17.1 Å². The van der Waals surface area contributed by atoms with Crippen LogP contribution in [-0.2, 0) is 26.2 Å². The molecule has 0 saturated heterocycles. The molecule has 0 atom stereocenters. The maximum absolute atomic E-state index is 12.3. The number of hydrazone groups is 1. The molecule has 2 aromatic carbocycles. The highest BCUT2D eigenvalue weighted by Gasteiger charge is 2.15. The van der Waals surface area contributed by atoms with Gasteiger partial charge in [-0.05, 0) is 61.0 Å². The topological polar surface area (TPSA) is 130 Å². The monoisotopic (exact) mass is 552 g/mol. The van der Waals surface area contributed by atoms with Crippen molar-refractivity contribution in [2.24, 2.45) is 5.10 Å². The van der Waals surface area contributed by atoms with Crippen molar-refractivity contribution in [2.45, 2.75) is 18.4 Å². The second kappa shape index (κ2) is 10.8. The van der Waals surface area contributed by atoms with Gasteiger partial charge in [-0.15, -0.1) is 0 Å². The molecule has 33 heavy (non-hydrogen) atoms. The molecule has 172 valence electrons. The Morgan fingerprint density at radius 1 is 1.09 bits per heavy atom. The SMILES string of the molecule is Cc1ccc(Cl)cc1NC(=O)C(=O)N/N=C/c1ccc(CNS(=O)(=O)c2ccc(Br)cc2)o1. The molecule has 0 spiro atoms. The predicted octanol–water partition coefficient (Wildman–Crippen LogP) is 3.57. The number of halogens is 2. The summed E-state index contributed by atoms with van der Waals surface area (Å²) in [4.78, 5) is 24.1. The highest BCUT2D eigenvalue weighted by molar-refractivity contribution is 9.10. The predicted molar refractivity (Wildman–Crippen MR) is 127 cm³/mol. The van der Waals surface area contributed by atoms with E-state index in [1.54, 1.807) is 37.3 Å². The van der Waals surface area contributed by atoms with E-state index in [1.807, 2.05) is 0 Å². The molecule has 0 aliphatic carbocycles. The van der Waals surface area contributed by atoms with E-state index in [2.05, 4.69) is 36.5 Å². The number of carbonyl (C=O) groups excluding carboxylic acids is 2. The van der Waals surface area contributed by atoms with Crippen LogP contribution in [0.15, 0.2) is 73.5 Å². The quantitative estimate of drug-likeness (QED) is 0.234. The van der Waals surface area contributed by atoms with E-state index in [1.165, 1.54) is 30.5 Å². The molecule has 2 amide bonds. The third kappa shape index (κ3) is 6.99. The fraction of sp³-hybridized carbons (Fsp3) is 0.0952. The van der Waals surface area contributed by atoms with Crippen molar-refractivity contribution in [1.82, 2.24) is 10.1 Å². The summed E-state index contributed by atoms with van der Waals surface area (Å²) < 4.78 is 33.3. The van der Waals surface area contributed by atoms with Crippen LogP contribution in [0.2, 0.25) is 5.02 Å². The minimum absolute atomic E-state index is 0.0833. The van der Waals surface area contributed by atoms with Gasteiger partial charge in [-0.1, -0.05) is 33.6 Å². The number of anilines is 1. The molecule has 12 heteroatoms. The molecule has 9 nitrogen and oxygen atoms in total. The molecule has 0 unspecified atom stereocenters. The van der Waals surface area contributed by atoms with Crippen LogP contribution in [0, 0.1) is 6.92 Å². The van der Waals surface area contributed by atoms with Crippen LogP contribution < -0.4 is 15.5 Å². The zero-order valence-corrected chi connectivity index (χ0v) is 20.3. The number of nitrogens with zero attached hydrogens (tertiary/aromatic N) is 1. The Morgan fingerprint density at radius 2 is 1.82 bits per heavy atom. The molecular weight excluding hydrogens is 536 g/mol. The van der Waals surface area contributed by atoms with E-state index in [0.29, 0.717) is 16.5 Å². The van der Waals surface area contributed by atoms with E-state index in [0.717, 1.165) is 10.0 Å². The van der Waals surface area contributed by atoms with Crippen molar-refractivity contribution in [2.75, 3.05) is 5.32 Å². The average molecular weight is 554 g/mol. The molecule has 1 aromatic heterocycles. The Bertz CT molecular complexity index is 1310. The molecule has 0 fully saturated rings. The summed E-state index contributed by atoms with van der Waals surface area (Å²) in [5.41, 5.74) is 3.24. The number of hydrogen-bond donors (Lipinski definition) is 3. The van der Waals surface area contributed by atoms with Crippen molar-refractivity contribution in [1.29, 1.82) is 0 Å². The van der Waals surface area contributed by atoms with E-state index in [4.69, 9.17) is 16.0 Å². The van der Waals surface area contributed by atoms with Crippen LogP contribution >= 0.6 is 27.5 Å². The second-order valence-electron chi connectivity index (χ2n) is 6.70. The molecule has 0 saturated carbocycles. The minimum Gasteiger partial charge on any atom is -0.459 e. The molecule has 1 heterocycles. The number of amides is 2. The number of furan rings is 1. The lowest BCUT2D eigenvalue weighted by atomic mass is 10.2. The Kier molecular flexibility index (Phi) is 8.03. The smallest absolute Gasteiger partial charge is 0.329 e. The summed E-state index contributed by atoms with van der Waals surface area (Å²) in [5.74, 6) is -1.32. The van der Waals surface area contributed by atoms with Crippen LogP contribution in [0.5, 0.6) is 0 Å². The maximum Gasteiger partial charge on any atom is 0.329 e. The van der Waals surface area contributed by atoms with Gasteiger partial charge < -0.3 is 9.73 Å². The van der Waals surface area contributed by atoms with Crippen molar-refractivity contribution in [3.8, 4) is 0 Å². The van der Waals surface area contributed by atoms with Crippen molar-refractivity contribution in [3.05, 3.63) is 81.2 Å². The molecule has 3 aromatic rings. The van der Waals surface area contributed by atoms with Gasteiger partial charge in [0, 0.05) is 15.2 Å². The van der Waals surface area contributed by atoms with Crippen LogP contribution in [0.3, 0.4) is 0 Å². The van der Waals surface area contributed by atoms with Gasteiger partial charge in [-0.25, -0.2) is 18.6 Å². The van der Waals surface area contributed by atoms with Gasteiger partial charge in [0.2, 0.25) is 10.0 Å². The van der Waals surface area contributed by atoms with Gasteiger partial charge in [0.25, 0.3) is 0 Å². The Labute approximate surface area is 203 Å². The molecule has 0 aliphatic rings. The lowest BCUT2D eigenvalue weighted by Gasteiger charge is -2.07. The lowest BCUT2D eigenvalue weighted by Crippen LogP contribution is -2.32. The molecule has 0 aliphatic heterocycles. The normalized spacial score (nSPS) is 11.5. The van der Waals surface area contributed by atoms with Crippen LogP contribution in [0.25, 0.3) is 0 Å². The molecule has 3 N–H and O–H groups in total. The van der Waals surface area contributed by atoms with Gasteiger partial charge in [0.1, 0.15) is 11.5 Å². The number of benzene rings is 2. The summed E-state index contributed by atoms with van der Waals surface area (Å²) in [7, 11) is -3.71. The third-order valence-corrected chi connectivity index (χ3v) is 6.44. The maximum atomic E-state index is 12.3. The van der Waals surface area contributed by atoms with Crippen molar-refractivity contribution < 1.29 is 22.4 Å². The minimum atomic E-state index is -3.71. The lowest BCUT2D eigenvalue weighted by molar-refractivity contribution is -0.136. The highest BCUT2D eigenvalue weighted by Crippen LogP contribution is 2.20. The first-order chi connectivity index (χ1) is 15.6.